The number of aromatic nitrogens is 3. The van der Waals surface area contributed by atoms with Gasteiger partial charge in [0.05, 0.1) is 13.2 Å². The van der Waals surface area contributed by atoms with Gasteiger partial charge in [-0.1, -0.05) is 0 Å². The molecule has 0 fully saturated rings. The molecule has 0 aliphatic rings. The molecule has 0 saturated heterocycles. The molecule has 1 heterocycles. The number of nitrogens with zero attached hydrogens (tertiary/aromatic N) is 3. The van der Waals surface area contributed by atoms with Crippen LogP contribution in [0.15, 0.2) is 0 Å². The third-order valence-corrected chi connectivity index (χ3v) is 1.81. The number of anilines is 1. The summed E-state index contributed by atoms with van der Waals surface area (Å²) in [6.45, 7) is 2.02. The predicted molar refractivity (Wildman–Crippen MR) is 59.7 cm³/mol. The van der Waals surface area contributed by atoms with Gasteiger partial charge in [0.2, 0.25) is 17.1 Å². The maximum Gasteiger partial charge on any atom is 0.322 e. The molecule has 0 spiro atoms. The summed E-state index contributed by atoms with van der Waals surface area (Å²) in [6, 6.07) is 0.0589. The number of rotatable bonds is 6. The Morgan fingerprint density at radius 2 is 2.29 bits per heavy atom. The Kier molecular flexibility index (Phi) is 4.85. The van der Waals surface area contributed by atoms with Crippen molar-refractivity contribution in [1.82, 2.24) is 15.0 Å². The smallest absolute Gasteiger partial charge is 0.322 e. The average molecular weight is 262 g/mol. The van der Waals surface area contributed by atoms with Gasteiger partial charge in [-0.15, -0.1) is 0 Å². The topological polar surface area (TPSA) is 123 Å². The van der Waals surface area contributed by atoms with Crippen molar-refractivity contribution < 1.29 is 14.6 Å². The van der Waals surface area contributed by atoms with Crippen LogP contribution in [0.25, 0.3) is 0 Å². The zero-order valence-corrected chi connectivity index (χ0v) is 9.81. The summed E-state index contributed by atoms with van der Waals surface area (Å²) < 4.78 is 5.04. The standard InChI is InChI=1S/C8H12ClN5O3/c1-2-17-8-13-6(9)12-7(14-8)11-3-4(15)5(10)16/h4,15H,2-3H2,1H3,(H2,10,16)(H,11,12,13,14). The van der Waals surface area contributed by atoms with Crippen LogP contribution in [0.4, 0.5) is 5.95 Å². The Labute approximate surface area is 102 Å². The van der Waals surface area contributed by atoms with Gasteiger partial charge in [0, 0.05) is 0 Å². The number of carbonyl (C=O) groups is 1. The van der Waals surface area contributed by atoms with Crippen LogP contribution in [0.2, 0.25) is 5.28 Å². The molecule has 1 aromatic heterocycles. The highest BCUT2D eigenvalue weighted by molar-refractivity contribution is 6.28. The molecular weight excluding hydrogens is 250 g/mol. The van der Waals surface area contributed by atoms with Gasteiger partial charge in [-0.25, -0.2) is 0 Å². The van der Waals surface area contributed by atoms with Gasteiger partial charge in [-0.2, -0.15) is 15.0 Å². The summed E-state index contributed by atoms with van der Waals surface area (Å²) >= 11 is 5.63. The quantitative estimate of drug-likeness (QED) is 0.611. The fraction of sp³-hybridized carbons (Fsp3) is 0.500. The summed E-state index contributed by atoms with van der Waals surface area (Å²) in [5.41, 5.74) is 4.87. The zero-order chi connectivity index (χ0) is 12.8. The lowest BCUT2D eigenvalue weighted by Crippen LogP contribution is -2.34. The number of primary amides is 1. The van der Waals surface area contributed by atoms with Crippen molar-refractivity contribution in [3.8, 4) is 6.01 Å². The minimum Gasteiger partial charge on any atom is -0.464 e. The van der Waals surface area contributed by atoms with Crippen molar-refractivity contribution in [3.05, 3.63) is 5.28 Å². The van der Waals surface area contributed by atoms with E-state index in [1.807, 2.05) is 0 Å². The Morgan fingerprint density at radius 1 is 1.59 bits per heavy atom. The van der Waals surface area contributed by atoms with Crippen LogP contribution >= 0.6 is 11.6 Å². The number of ether oxygens (including phenoxy) is 1. The van der Waals surface area contributed by atoms with Crippen LogP contribution in [-0.2, 0) is 4.79 Å². The van der Waals surface area contributed by atoms with Crippen molar-refractivity contribution in [1.29, 1.82) is 0 Å². The number of halogens is 1. The molecule has 0 saturated carbocycles. The first-order chi connectivity index (χ1) is 8.02. The van der Waals surface area contributed by atoms with Crippen molar-refractivity contribution in [2.24, 2.45) is 5.73 Å². The number of nitrogens with one attached hydrogen (secondary N) is 1. The van der Waals surface area contributed by atoms with Crippen LogP contribution in [-0.4, -0.2) is 45.2 Å². The molecule has 0 aliphatic carbocycles. The lowest BCUT2D eigenvalue weighted by atomic mass is 10.3. The number of aliphatic hydroxyl groups is 1. The summed E-state index contributed by atoms with van der Waals surface area (Å²) in [5.74, 6) is -0.753. The lowest BCUT2D eigenvalue weighted by molar-refractivity contribution is -0.125. The van der Waals surface area contributed by atoms with E-state index in [1.165, 1.54) is 0 Å². The first-order valence-electron chi connectivity index (χ1n) is 4.78. The second-order valence-electron chi connectivity index (χ2n) is 2.94. The largest absolute Gasteiger partial charge is 0.464 e. The van der Waals surface area contributed by atoms with Gasteiger partial charge >= 0.3 is 6.01 Å². The summed E-state index contributed by atoms with van der Waals surface area (Å²) in [4.78, 5) is 21.9. The number of nitrogens with two attached hydrogens (primary N) is 1. The van der Waals surface area contributed by atoms with E-state index in [0.717, 1.165) is 0 Å². The molecular formula is C8H12ClN5O3. The molecule has 0 aromatic carbocycles. The second kappa shape index (κ2) is 6.16. The number of carbonyl (C=O) groups excluding carboxylic acids is 1. The first kappa shape index (κ1) is 13.4. The van der Waals surface area contributed by atoms with Gasteiger partial charge < -0.3 is 20.9 Å². The molecule has 0 radical (unpaired) electrons. The molecule has 9 heteroatoms. The fourth-order valence-corrected chi connectivity index (χ4v) is 1.05. The zero-order valence-electron chi connectivity index (χ0n) is 9.05. The van der Waals surface area contributed by atoms with Crippen molar-refractivity contribution >= 4 is 23.5 Å². The van der Waals surface area contributed by atoms with Crippen LogP contribution in [0.5, 0.6) is 6.01 Å². The molecule has 0 aliphatic heterocycles. The number of amides is 1. The van der Waals surface area contributed by atoms with Crippen LogP contribution in [0, 0.1) is 0 Å². The van der Waals surface area contributed by atoms with E-state index in [4.69, 9.17) is 27.2 Å². The van der Waals surface area contributed by atoms with E-state index in [2.05, 4.69) is 20.3 Å². The Bertz CT molecular complexity index is 403. The van der Waals surface area contributed by atoms with Gasteiger partial charge in [-0.3, -0.25) is 4.79 Å². The lowest BCUT2D eigenvalue weighted by Gasteiger charge is -2.09. The van der Waals surface area contributed by atoms with Crippen LogP contribution < -0.4 is 15.8 Å². The Morgan fingerprint density at radius 3 is 2.88 bits per heavy atom. The van der Waals surface area contributed by atoms with Gasteiger partial charge in [0.15, 0.2) is 0 Å². The van der Waals surface area contributed by atoms with Crippen molar-refractivity contribution in [3.63, 3.8) is 0 Å². The van der Waals surface area contributed by atoms with Crippen molar-refractivity contribution in [2.45, 2.75) is 13.0 Å². The van der Waals surface area contributed by atoms with Gasteiger partial charge in [-0.05, 0) is 18.5 Å². The van der Waals surface area contributed by atoms with E-state index in [9.17, 15) is 4.79 Å². The van der Waals surface area contributed by atoms with E-state index >= 15 is 0 Å². The number of hydrogen-bond donors (Lipinski definition) is 3. The van der Waals surface area contributed by atoms with Gasteiger partial charge in [0.1, 0.15) is 6.10 Å². The predicted octanol–water partition coefficient (Wildman–Crippen LogP) is -0.818. The summed E-state index contributed by atoms with van der Waals surface area (Å²) in [6.07, 6.45) is -1.33. The molecule has 1 amide bonds. The number of hydrogen-bond acceptors (Lipinski definition) is 7. The van der Waals surface area contributed by atoms with E-state index < -0.39 is 12.0 Å². The molecule has 1 aromatic rings. The summed E-state index contributed by atoms with van der Waals surface area (Å²) in [7, 11) is 0. The van der Waals surface area contributed by atoms with Crippen LogP contribution in [0.1, 0.15) is 6.92 Å². The number of aliphatic hydroxyl groups excluding tert-OH is 1. The molecule has 0 bridgehead atoms. The Hall–Kier alpha value is -1.67. The fourth-order valence-electron chi connectivity index (χ4n) is 0.893. The van der Waals surface area contributed by atoms with E-state index in [-0.39, 0.29) is 23.8 Å². The summed E-state index contributed by atoms with van der Waals surface area (Å²) in [5, 5.41) is 11.7. The third kappa shape index (κ3) is 4.37. The minimum absolute atomic E-state index is 0.0560. The highest BCUT2D eigenvalue weighted by Crippen LogP contribution is 2.11. The maximum absolute atomic E-state index is 10.6. The van der Waals surface area contributed by atoms with Crippen LogP contribution in [0.3, 0.4) is 0 Å². The molecule has 4 N–H and O–H groups in total. The average Bonchev–Trinajstić information content (AvgIpc) is 2.25. The molecule has 8 nitrogen and oxygen atoms in total. The maximum atomic E-state index is 10.6. The molecule has 17 heavy (non-hydrogen) atoms. The van der Waals surface area contributed by atoms with Crippen molar-refractivity contribution in [2.75, 3.05) is 18.5 Å². The SMILES string of the molecule is CCOc1nc(Cl)nc(NCC(O)C(N)=O)n1. The Balaban J connectivity index is 2.67. The molecule has 94 valence electrons. The van der Waals surface area contributed by atoms with E-state index in [0.29, 0.717) is 6.61 Å². The molecule has 1 unspecified atom stereocenters. The third-order valence-electron chi connectivity index (χ3n) is 1.64. The highest BCUT2D eigenvalue weighted by atomic mass is 35.5. The minimum atomic E-state index is -1.33. The molecule has 1 atom stereocenters. The van der Waals surface area contributed by atoms with Gasteiger partial charge in [0.25, 0.3) is 0 Å². The second-order valence-corrected chi connectivity index (χ2v) is 3.28. The van der Waals surface area contributed by atoms with E-state index in [1.54, 1.807) is 6.92 Å². The molecule has 1 rings (SSSR count). The normalized spacial score (nSPS) is 11.9. The first-order valence-corrected chi connectivity index (χ1v) is 5.16. The monoisotopic (exact) mass is 261 g/mol. The highest BCUT2D eigenvalue weighted by Gasteiger charge is 2.12.